The molecule has 7 heteroatoms. The molecule has 0 saturated heterocycles. The van der Waals surface area contributed by atoms with Crippen LogP contribution in [-0.4, -0.2) is 10.5 Å². The van der Waals surface area contributed by atoms with Gasteiger partial charge in [-0.2, -0.15) is 0 Å². The van der Waals surface area contributed by atoms with E-state index in [1.165, 1.54) is 22.8 Å². The number of hydrogen-bond acceptors (Lipinski definition) is 2. The van der Waals surface area contributed by atoms with E-state index in [1.807, 2.05) is 0 Å². The predicted molar refractivity (Wildman–Crippen MR) is 101 cm³/mol. The summed E-state index contributed by atoms with van der Waals surface area (Å²) in [5, 5.41) is 3.56. The first-order valence-electron chi connectivity index (χ1n) is 7.83. The number of fused-ring (bicyclic) bond motifs is 1. The molecular weight excluding hydrogens is 378 g/mol. The molecule has 0 spiro atoms. The van der Waals surface area contributed by atoms with Crippen LogP contribution in [0.1, 0.15) is 28.9 Å². The monoisotopic (exact) mass is 392 g/mol. The normalized spacial score (nSPS) is 12.2. The smallest absolute Gasteiger partial charge is 0.252 e. The van der Waals surface area contributed by atoms with Gasteiger partial charge in [-0.25, -0.2) is 4.39 Å². The van der Waals surface area contributed by atoms with E-state index >= 15 is 0 Å². The summed E-state index contributed by atoms with van der Waals surface area (Å²) < 4.78 is 15.2. The van der Waals surface area contributed by atoms with Gasteiger partial charge < -0.3 is 9.88 Å². The van der Waals surface area contributed by atoms with Crippen LogP contribution < -0.4 is 10.9 Å². The van der Waals surface area contributed by atoms with Crippen LogP contribution in [0.2, 0.25) is 10.0 Å². The molecule has 0 saturated carbocycles. The number of aryl methyl sites for hydroxylation is 1. The number of pyridine rings is 1. The lowest BCUT2D eigenvalue weighted by atomic mass is 10.1. The third-order valence-corrected chi connectivity index (χ3v) is 4.87. The number of para-hydroxylation sites is 1. The second-order valence-corrected chi connectivity index (χ2v) is 6.77. The highest BCUT2D eigenvalue weighted by Gasteiger charge is 2.19. The van der Waals surface area contributed by atoms with Crippen molar-refractivity contribution in [2.24, 2.45) is 7.05 Å². The summed E-state index contributed by atoms with van der Waals surface area (Å²) in [6.07, 6.45) is 0. The second kappa shape index (κ2) is 7.09. The minimum absolute atomic E-state index is 0.0881. The number of amides is 1. The molecule has 4 nitrogen and oxygen atoms in total. The van der Waals surface area contributed by atoms with Crippen molar-refractivity contribution < 1.29 is 9.18 Å². The summed E-state index contributed by atoms with van der Waals surface area (Å²) >= 11 is 11.8. The fourth-order valence-electron chi connectivity index (χ4n) is 2.82. The number of carbonyl (C=O) groups excluding carboxylic acids is 1. The summed E-state index contributed by atoms with van der Waals surface area (Å²) in [5.74, 6) is -1.07. The van der Waals surface area contributed by atoms with E-state index in [9.17, 15) is 14.0 Å². The minimum atomic E-state index is -0.619. The molecule has 1 amide bonds. The van der Waals surface area contributed by atoms with Gasteiger partial charge in [-0.05, 0) is 30.7 Å². The van der Waals surface area contributed by atoms with Gasteiger partial charge in [-0.3, -0.25) is 9.59 Å². The van der Waals surface area contributed by atoms with Crippen LogP contribution in [0.5, 0.6) is 0 Å². The van der Waals surface area contributed by atoms with Crippen LogP contribution in [-0.2, 0) is 7.05 Å². The lowest BCUT2D eigenvalue weighted by Crippen LogP contribution is -2.29. The highest BCUT2D eigenvalue weighted by Crippen LogP contribution is 2.29. The summed E-state index contributed by atoms with van der Waals surface area (Å²) in [6.45, 7) is 1.68. The molecule has 1 unspecified atom stereocenters. The number of carbonyl (C=O) groups is 1. The maximum absolute atomic E-state index is 13.7. The summed E-state index contributed by atoms with van der Waals surface area (Å²) in [7, 11) is 1.64. The standard InChI is InChI=1S/C19H15Cl2FN2O2/c1-10(12-7-16(22)15(21)9-14(12)20)23-19(26)13-8-18(25)24(2)17-6-4-3-5-11(13)17/h3-10H,1-2H3,(H,23,26). The molecule has 3 rings (SSSR count). The number of nitrogens with zero attached hydrogens (tertiary/aromatic N) is 1. The largest absolute Gasteiger partial charge is 0.345 e. The zero-order chi connectivity index (χ0) is 19.0. The van der Waals surface area contributed by atoms with Gasteiger partial charge in [-0.15, -0.1) is 0 Å². The Morgan fingerprint density at radius 2 is 1.85 bits per heavy atom. The van der Waals surface area contributed by atoms with Crippen molar-refractivity contribution >= 4 is 40.0 Å². The highest BCUT2D eigenvalue weighted by molar-refractivity contribution is 6.35. The summed E-state index contributed by atoms with van der Waals surface area (Å²) in [6, 6.07) is 10.3. The number of halogens is 3. The number of aromatic nitrogens is 1. The molecule has 2 aromatic carbocycles. The molecule has 3 aromatic rings. The third kappa shape index (κ3) is 3.32. The Kier molecular flexibility index (Phi) is 5.03. The van der Waals surface area contributed by atoms with Crippen molar-refractivity contribution in [2.45, 2.75) is 13.0 Å². The van der Waals surface area contributed by atoms with Gasteiger partial charge in [0, 0.05) is 23.5 Å². The Hall–Kier alpha value is -2.37. The van der Waals surface area contributed by atoms with Crippen LogP contribution in [0.25, 0.3) is 10.9 Å². The highest BCUT2D eigenvalue weighted by atomic mass is 35.5. The predicted octanol–water partition coefficient (Wildman–Crippen LogP) is 4.48. The van der Waals surface area contributed by atoms with E-state index in [1.54, 1.807) is 38.2 Å². The average Bonchev–Trinajstić information content (AvgIpc) is 2.61. The maximum atomic E-state index is 13.7. The molecule has 1 heterocycles. The van der Waals surface area contributed by atoms with Crippen LogP contribution >= 0.6 is 23.2 Å². The van der Waals surface area contributed by atoms with Gasteiger partial charge in [0.25, 0.3) is 11.5 Å². The lowest BCUT2D eigenvalue weighted by Gasteiger charge is -2.17. The molecule has 0 aliphatic rings. The maximum Gasteiger partial charge on any atom is 0.252 e. The van der Waals surface area contributed by atoms with E-state index in [-0.39, 0.29) is 21.2 Å². The van der Waals surface area contributed by atoms with Crippen LogP contribution in [0.3, 0.4) is 0 Å². The third-order valence-electron chi connectivity index (χ3n) is 4.25. The first-order valence-corrected chi connectivity index (χ1v) is 8.59. The fraction of sp³-hybridized carbons (Fsp3) is 0.158. The van der Waals surface area contributed by atoms with E-state index in [0.29, 0.717) is 16.5 Å². The molecule has 134 valence electrons. The van der Waals surface area contributed by atoms with E-state index in [4.69, 9.17) is 23.2 Å². The Balaban J connectivity index is 1.99. The van der Waals surface area contributed by atoms with Crippen LogP contribution in [0.4, 0.5) is 4.39 Å². The molecule has 0 bridgehead atoms. The van der Waals surface area contributed by atoms with Crippen molar-refractivity contribution in [2.75, 3.05) is 0 Å². The fourth-order valence-corrected chi connectivity index (χ4v) is 3.37. The summed E-state index contributed by atoms with van der Waals surface area (Å²) in [4.78, 5) is 24.9. The van der Waals surface area contributed by atoms with Crippen molar-refractivity contribution in [3.05, 3.63) is 79.8 Å². The van der Waals surface area contributed by atoms with Crippen molar-refractivity contribution in [1.82, 2.24) is 9.88 Å². The summed E-state index contributed by atoms with van der Waals surface area (Å²) in [5.41, 5.74) is 1.00. The average molecular weight is 393 g/mol. The Labute approximate surface area is 159 Å². The zero-order valence-corrected chi connectivity index (χ0v) is 15.5. The second-order valence-electron chi connectivity index (χ2n) is 5.96. The van der Waals surface area contributed by atoms with Crippen LogP contribution in [0.15, 0.2) is 47.3 Å². The Morgan fingerprint density at radius 1 is 1.15 bits per heavy atom. The SMILES string of the molecule is CC(NC(=O)c1cc(=O)n(C)c2ccccc12)c1cc(F)c(Cl)cc1Cl. The molecule has 0 aliphatic carbocycles. The molecular formula is C19H15Cl2FN2O2. The molecule has 0 aliphatic heterocycles. The first kappa shape index (κ1) is 18.4. The number of benzene rings is 2. The lowest BCUT2D eigenvalue weighted by molar-refractivity contribution is 0.0941. The van der Waals surface area contributed by atoms with Gasteiger partial charge in [0.15, 0.2) is 0 Å². The Bertz CT molecular complexity index is 1080. The molecule has 1 N–H and O–H groups in total. The topological polar surface area (TPSA) is 51.1 Å². The van der Waals surface area contributed by atoms with Gasteiger partial charge in [0.05, 0.1) is 22.1 Å². The van der Waals surface area contributed by atoms with E-state index in [0.717, 1.165) is 0 Å². The van der Waals surface area contributed by atoms with Crippen molar-refractivity contribution in [1.29, 1.82) is 0 Å². The Morgan fingerprint density at radius 3 is 2.58 bits per heavy atom. The van der Waals surface area contributed by atoms with Gasteiger partial charge in [0.2, 0.25) is 0 Å². The zero-order valence-electron chi connectivity index (χ0n) is 14.0. The van der Waals surface area contributed by atoms with E-state index < -0.39 is 17.8 Å². The van der Waals surface area contributed by atoms with Crippen molar-refractivity contribution in [3.8, 4) is 0 Å². The molecule has 0 radical (unpaired) electrons. The molecule has 0 fully saturated rings. The molecule has 1 aromatic heterocycles. The van der Waals surface area contributed by atoms with Gasteiger partial charge in [0.1, 0.15) is 5.82 Å². The minimum Gasteiger partial charge on any atom is -0.345 e. The van der Waals surface area contributed by atoms with Gasteiger partial charge >= 0.3 is 0 Å². The number of nitrogens with one attached hydrogen (secondary N) is 1. The molecule has 26 heavy (non-hydrogen) atoms. The quantitative estimate of drug-likeness (QED) is 0.668. The molecule has 1 atom stereocenters. The van der Waals surface area contributed by atoms with Gasteiger partial charge in [-0.1, -0.05) is 41.4 Å². The number of rotatable bonds is 3. The number of hydrogen-bond donors (Lipinski definition) is 1. The van der Waals surface area contributed by atoms with E-state index in [2.05, 4.69) is 5.32 Å². The van der Waals surface area contributed by atoms with Crippen molar-refractivity contribution in [3.63, 3.8) is 0 Å². The van der Waals surface area contributed by atoms with Crippen LogP contribution in [0, 0.1) is 5.82 Å². The first-order chi connectivity index (χ1) is 12.3.